The van der Waals surface area contributed by atoms with E-state index < -0.39 is 6.04 Å². The number of ether oxygens (including phenoxy) is 1. The van der Waals surface area contributed by atoms with Crippen LogP contribution in [0.25, 0.3) is 0 Å². The second-order valence-electron chi connectivity index (χ2n) is 5.54. The normalized spacial score (nSPS) is 21.8. The van der Waals surface area contributed by atoms with Gasteiger partial charge in [-0.3, -0.25) is 9.69 Å². The number of esters is 1. The van der Waals surface area contributed by atoms with E-state index in [1.54, 1.807) is 0 Å². The van der Waals surface area contributed by atoms with Crippen molar-refractivity contribution in [3.05, 3.63) is 0 Å². The van der Waals surface area contributed by atoms with Crippen LogP contribution in [0.1, 0.15) is 33.6 Å². The van der Waals surface area contributed by atoms with Gasteiger partial charge in [0.05, 0.1) is 7.11 Å². The number of hydrogen-bond acceptors (Lipinski definition) is 4. The summed E-state index contributed by atoms with van der Waals surface area (Å²) in [5.41, 5.74) is 6.07. The first-order valence-electron chi connectivity index (χ1n) is 5.94. The third-order valence-corrected chi connectivity index (χ3v) is 3.47. The molecule has 1 fully saturated rings. The van der Waals surface area contributed by atoms with Gasteiger partial charge in [0, 0.05) is 5.54 Å². The fraction of sp³-hybridized carbons (Fsp3) is 0.917. The summed E-state index contributed by atoms with van der Waals surface area (Å²) in [4.78, 5) is 13.8. The number of nitrogens with two attached hydrogens (primary N) is 1. The quantitative estimate of drug-likeness (QED) is 0.716. The second kappa shape index (κ2) is 5.15. The Bertz CT molecular complexity index is 240. The van der Waals surface area contributed by atoms with E-state index in [1.807, 2.05) is 0 Å². The maximum Gasteiger partial charge on any atom is 0.322 e. The number of methoxy groups -OCH3 is 1. The van der Waals surface area contributed by atoms with Crippen LogP contribution in [-0.2, 0) is 9.53 Å². The lowest BCUT2D eigenvalue weighted by Gasteiger charge is -2.41. The van der Waals surface area contributed by atoms with Crippen LogP contribution >= 0.6 is 0 Å². The smallest absolute Gasteiger partial charge is 0.322 e. The van der Waals surface area contributed by atoms with Gasteiger partial charge in [-0.25, -0.2) is 0 Å². The largest absolute Gasteiger partial charge is 0.468 e. The van der Waals surface area contributed by atoms with E-state index in [9.17, 15) is 4.79 Å². The minimum Gasteiger partial charge on any atom is -0.468 e. The average molecular weight is 228 g/mol. The molecule has 0 aromatic carbocycles. The number of nitrogens with zero attached hydrogens (tertiary/aromatic N) is 1. The van der Waals surface area contributed by atoms with Crippen LogP contribution in [0, 0.1) is 5.92 Å². The zero-order valence-corrected chi connectivity index (χ0v) is 10.8. The van der Waals surface area contributed by atoms with Gasteiger partial charge in [-0.15, -0.1) is 0 Å². The molecule has 1 rings (SSSR count). The maximum absolute atomic E-state index is 11.3. The average Bonchev–Trinajstić information content (AvgIpc) is 2.26. The third kappa shape index (κ3) is 3.19. The molecule has 94 valence electrons. The molecule has 0 saturated carbocycles. The van der Waals surface area contributed by atoms with Crippen molar-refractivity contribution in [1.82, 2.24) is 4.90 Å². The topological polar surface area (TPSA) is 55.6 Å². The number of carbonyl (C=O) groups excluding carboxylic acids is 1. The Labute approximate surface area is 98.1 Å². The molecule has 1 saturated heterocycles. The van der Waals surface area contributed by atoms with Crippen LogP contribution in [-0.4, -0.2) is 42.6 Å². The Morgan fingerprint density at radius 1 is 1.38 bits per heavy atom. The van der Waals surface area contributed by atoms with Crippen LogP contribution in [0.5, 0.6) is 0 Å². The molecule has 0 aromatic rings. The van der Waals surface area contributed by atoms with E-state index >= 15 is 0 Å². The van der Waals surface area contributed by atoms with Crippen LogP contribution in [0.2, 0.25) is 0 Å². The molecule has 2 N–H and O–H groups in total. The van der Waals surface area contributed by atoms with Gasteiger partial charge in [0.2, 0.25) is 0 Å². The predicted molar refractivity (Wildman–Crippen MR) is 64.0 cm³/mol. The summed E-state index contributed by atoms with van der Waals surface area (Å²) in [5.74, 6) is -0.0136. The van der Waals surface area contributed by atoms with Crippen LogP contribution in [0.4, 0.5) is 0 Å². The lowest BCUT2D eigenvalue weighted by atomic mass is 9.88. The molecule has 1 unspecified atom stereocenters. The molecule has 0 spiro atoms. The lowest BCUT2D eigenvalue weighted by molar-refractivity contribution is -0.144. The van der Waals surface area contributed by atoms with Gasteiger partial charge in [-0.2, -0.15) is 0 Å². The lowest BCUT2D eigenvalue weighted by Crippen LogP contribution is -2.50. The molecule has 1 aliphatic heterocycles. The molecule has 0 bridgehead atoms. The molecule has 0 aromatic heterocycles. The molecule has 0 amide bonds. The summed E-state index contributed by atoms with van der Waals surface area (Å²) in [6.07, 6.45) is 1.96. The molecule has 1 atom stereocenters. The number of carbonyl (C=O) groups is 1. The van der Waals surface area contributed by atoms with Gasteiger partial charge in [0.1, 0.15) is 6.04 Å². The van der Waals surface area contributed by atoms with Crippen LogP contribution in [0.3, 0.4) is 0 Å². The van der Waals surface area contributed by atoms with Crippen LogP contribution < -0.4 is 5.73 Å². The number of piperidine rings is 1. The molecule has 1 aliphatic rings. The van der Waals surface area contributed by atoms with E-state index in [4.69, 9.17) is 5.73 Å². The number of likely N-dealkylation sites (tertiary alicyclic amines) is 1. The summed E-state index contributed by atoms with van der Waals surface area (Å²) in [7, 11) is 1.40. The highest BCUT2D eigenvalue weighted by molar-refractivity contribution is 5.75. The molecule has 16 heavy (non-hydrogen) atoms. The van der Waals surface area contributed by atoms with Gasteiger partial charge in [0.25, 0.3) is 0 Å². The Hall–Kier alpha value is -0.610. The first-order valence-corrected chi connectivity index (χ1v) is 5.94. The van der Waals surface area contributed by atoms with E-state index in [0.717, 1.165) is 25.9 Å². The predicted octanol–water partition coefficient (Wildman–Crippen LogP) is 0.997. The Balaban J connectivity index is 2.46. The summed E-state index contributed by atoms with van der Waals surface area (Å²) in [5, 5.41) is 0. The van der Waals surface area contributed by atoms with E-state index in [1.165, 1.54) is 7.11 Å². The fourth-order valence-corrected chi connectivity index (χ4v) is 2.26. The Kier molecular flexibility index (Phi) is 4.33. The highest BCUT2D eigenvalue weighted by Crippen LogP contribution is 2.25. The van der Waals surface area contributed by atoms with Gasteiger partial charge >= 0.3 is 5.97 Å². The summed E-state index contributed by atoms with van der Waals surface area (Å²) in [6, 6.07) is -0.452. The van der Waals surface area contributed by atoms with E-state index in [0.29, 0.717) is 0 Å². The fourth-order valence-electron chi connectivity index (χ4n) is 2.26. The molecule has 4 nitrogen and oxygen atoms in total. The van der Waals surface area contributed by atoms with Crippen molar-refractivity contribution in [3.8, 4) is 0 Å². The SMILES string of the molecule is COC(=O)C(N)C1CCN(C(C)(C)C)CC1. The first kappa shape index (κ1) is 13.5. The molecular formula is C12H24N2O2. The first-order chi connectivity index (χ1) is 7.36. The molecule has 1 heterocycles. The zero-order chi connectivity index (χ0) is 12.3. The number of rotatable bonds is 2. The second-order valence-corrected chi connectivity index (χ2v) is 5.54. The van der Waals surface area contributed by atoms with Gasteiger partial charge in [0.15, 0.2) is 0 Å². The van der Waals surface area contributed by atoms with Crippen molar-refractivity contribution in [2.75, 3.05) is 20.2 Å². The minimum absolute atomic E-state index is 0.209. The maximum atomic E-state index is 11.3. The van der Waals surface area contributed by atoms with Gasteiger partial charge < -0.3 is 10.5 Å². The zero-order valence-electron chi connectivity index (χ0n) is 10.8. The monoisotopic (exact) mass is 228 g/mol. The molecule has 0 aliphatic carbocycles. The Morgan fingerprint density at radius 3 is 2.25 bits per heavy atom. The van der Waals surface area contributed by atoms with Crippen molar-refractivity contribution < 1.29 is 9.53 Å². The van der Waals surface area contributed by atoms with E-state index in [2.05, 4.69) is 30.4 Å². The summed E-state index contributed by atoms with van der Waals surface area (Å²) >= 11 is 0. The molecule has 4 heteroatoms. The highest BCUT2D eigenvalue weighted by Gasteiger charge is 2.32. The summed E-state index contributed by atoms with van der Waals surface area (Å²) < 4.78 is 4.68. The van der Waals surface area contributed by atoms with Crippen molar-refractivity contribution in [1.29, 1.82) is 0 Å². The van der Waals surface area contributed by atoms with Crippen molar-refractivity contribution in [2.24, 2.45) is 11.7 Å². The van der Waals surface area contributed by atoms with Crippen LogP contribution in [0.15, 0.2) is 0 Å². The van der Waals surface area contributed by atoms with Crippen molar-refractivity contribution in [2.45, 2.75) is 45.2 Å². The summed E-state index contributed by atoms with van der Waals surface area (Å²) in [6.45, 7) is 8.67. The van der Waals surface area contributed by atoms with Gasteiger partial charge in [-0.1, -0.05) is 0 Å². The highest BCUT2D eigenvalue weighted by atomic mass is 16.5. The van der Waals surface area contributed by atoms with E-state index in [-0.39, 0.29) is 17.4 Å². The third-order valence-electron chi connectivity index (χ3n) is 3.47. The standard InChI is InChI=1S/C12H24N2O2/c1-12(2,3)14-7-5-9(6-8-14)10(13)11(15)16-4/h9-10H,5-8,13H2,1-4H3. The number of hydrogen-bond donors (Lipinski definition) is 1. The van der Waals surface area contributed by atoms with Gasteiger partial charge in [-0.05, 0) is 52.6 Å². The Morgan fingerprint density at radius 2 is 1.88 bits per heavy atom. The molecular weight excluding hydrogens is 204 g/mol. The minimum atomic E-state index is -0.452. The van der Waals surface area contributed by atoms with Crippen molar-refractivity contribution in [3.63, 3.8) is 0 Å². The van der Waals surface area contributed by atoms with Crippen molar-refractivity contribution >= 4 is 5.97 Å². The molecule has 0 radical (unpaired) electrons.